The first-order valence-electron chi connectivity index (χ1n) is 11.6. The number of amides is 2. The van der Waals surface area contributed by atoms with Gasteiger partial charge >= 0.3 is 0 Å². The van der Waals surface area contributed by atoms with E-state index in [1.165, 1.54) is 25.7 Å². The van der Waals surface area contributed by atoms with Crippen molar-refractivity contribution in [3.8, 4) is 11.3 Å². The van der Waals surface area contributed by atoms with Gasteiger partial charge in [0.05, 0.1) is 0 Å². The predicted octanol–water partition coefficient (Wildman–Crippen LogP) is 5.99. The number of anilines is 1. The summed E-state index contributed by atoms with van der Waals surface area (Å²) in [6.45, 7) is 0.825. The number of carbonyl (C=O) groups excluding carboxylic acids is 2. The van der Waals surface area contributed by atoms with Crippen LogP contribution in [-0.2, 0) is 0 Å². The van der Waals surface area contributed by atoms with Crippen LogP contribution in [0.15, 0.2) is 71.1 Å². The van der Waals surface area contributed by atoms with E-state index < -0.39 is 0 Å². The first-order chi connectivity index (χ1) is 15.7. The molecule has 1 saturated carbocycles. The average Bonchev–Trinajstić information content (AvgIpc) is 3.34. The highest BCUT2D eigenvalue weighted by molar-refractivity contribution is 6.04. The molecule has 2 aliphatic rings. The summed E-state index contributed by atoms with van der Waals surface area (Å²) in [7, 11) is 0. The fraction of sp³-hybridized carbons (Fsp3) is 0.333. The van der Waals surface area contributed by atoms with Crippen molar-refractivity contribution in [1.82, 2.24) is 4.90 Å². The largest absolute Gasteiger partial charge is 0.451 e. The molecule has 2 atom stereocenters. The molecule has 0 bridgehead atoms. The molecule has 1 saturated heterocycles. The molecule has 2 heterocycles. The van der Waals surface area contributed by atoms with Crippen molar-refractivity contribution in [3.63, 3.8) is 0 Å². The van der Waals surface area contributed by atoms with Crippen LogP contribution in [0.3, 0.4) is 0 Å². The van der Waals surface area contributed by atoms with Gasteiger partial charge in [0, 0.05) is 29.4 Å². The Hall–Kier alpha value is -3.34. The zero-order chi connectivity index (χ0) is 21.9. The van der Waals surface area contributed by atoms with Gasteiger partial charge in [0.25, 0.3) is 11.8 Å². The minimum absolute atomic E-state index is 0.0135. The van der Waals surface area contributed by atoms with E-state index in [9.17, 15) is 9.59 Å². The molecule has 1 N–H and O–H groups in total. The minimum Gasteiger partial charge on any atom is -0.451 e. The smallest absolute Gasteiger partial charge is 0.289 e. The van der Waals surface area contributed by atoms with Crippen molar-refractivity contribution < 1.29 is 14.0 Å². The first kappa shape index (κ1) is 20.6. The number of fused-ring (bicyclic) bond motifs is 1. The summed E-state index contributed by atoms with van der Waals surface area (Å²) >= 11 is 0. The number of benzene rings is 2. The molecule has 2 unspecified atom stereocenters. The van der Waals surface area contributed by atoms with E-state index in [-0.39, 0.29) is 11.8 Å². The Labute approximate surface area is 188 Å². The average molecular weight is 429 g/mol. The van der Waals surface area contributed by atoms with Crippen LogP contribution in [0.2, 0.25) is 0 Å². The standard InChI is InChI=1S/C27H28N2O3/c30-26(21-8-2-1-3-9-21)28-22-14-12-20(13-15-22)24-16-17-25(32-24)27(31)29-18-6-10-19-7-4-5-11-23(19)29/h1-3,8-9,12-17,19,23H,4-7,10-11,18H2,(H,28,30). The van der Waals surface area contributed by atoms with Crippen molar-refractivity contribution in [2.45, 2.75) is 44.6 Å². The summed E-state index contributed by atoms with van der Waals surface area (Å²) in [5, 5.41) is 2.90. The zero-order valence-electron chi connectivity index (χ0n) is 18.1. The molecule has 0 spiro atoms. The molecule has 32 heavy (non-hydrogen) atoms. The van der Waals surface area contributed by atoms with E-state index in [2.05, 4.69) is 10.2 Å². The number of hydrogen-bond acceptors (Lipinski definition) is 3. The third kappa shape index (κ3) is 4.20. The van der Waals surface area contributed by atoms with Crippen molar-refractivity contribution in [3.05, 3.63) is 78.1 Å². The Morgan fingerprint density at radius 3 is 2.41 bits per heavy atom. The minimum atomic E-state index is -0.146. The molecule has 1 aromatic heterocycles. The number of carbonyl (C=O) groups is 2. The summed E-state index contributed by atoms with van der Waals surface area (Å²) in [6.07, 6.45) is 7.17. The van der Waals surface area contributed by atoms with Crippen molar-refractivity contribution >= 4 is 17.5 Å². The monoisotopic (exact) mass is 428 g/mol. The maximum Gasteiger partial charge on any atom is 0.289 e. The van der Waals surface area contributed by atoms with Gasteiger partial charge < -0.3 is 14.6 Å². The Morgan fingerprint density at radius 2 is 1.59 bits per heavy atom. The highest BCUT2D eigenvalue weighted by atomic mass is 16.4. The molecule has 1 aliphatic carbocycles. The fourth-order valence-electron chi connectivity index (χ4n) is 5.14. The van der Waals surface area contributed by atoms with Gasteiger partial charge in [-0.2, -0.15) is 0 Å². The molecule has 3 aromatic rings. The molecule has 164 valence electrons. The lowest BCUT2D eigenvalue weighted by molar-refractivity contribution is 0.0363. The van der Waals surface area contributed by atoms with Crippen LogP contribution >= 0.6 is 0 Å². The highest BCUT2D eigenvalue weighted by Crippen LogP contribution is 2.36. The topological polar surface area (TPSA) is 62.6 Å². The van der Waals surface area contributed by atoms with Gasteiger partial charge in [-0.15, -0.1) is 0 Å². The van der Waals surface area contributed by atoms with Crippen LogP contribution < -0.4 is 5.32 Å². The quantitative estimate of drug-likeness (QED) is 0.555. The summed E-state index contributed by atoms with van der Waals surface area (Å²) in [5.41, 5.74) is 2.20. The molecule has 2 amide bonds. The Balaban J connectivity index is 1.27. The van der Waals surface area contributed by atoms with Crippen molar-refractivity contribution in [1.29, 1.82) is 0 Å². The second kappa shape index (κ2) is 9.03. The van der Waals surface area contributed by atoms with Gasteiger partial charge in [0.15, 0.2) is 5.76 Å². The number of nitrogens with zero attached hydrogens (tertiary/aromatic N) is 1. The Bertz CT molecular complexity index is 1090. The van der Waals surface area contributed by atoms with Crippen LogP contribution in [0.4, 0.5) is 5.69 Å². The van der Waals surface area contributed by atoms with E-state index in [0.717, 1.165) is 24.9 Å². The number of furan rings is 1. The van der Waals surface area contributed by atoms with Crippen molar-refractivity contribution in [2.75, 3.05) is 11.9 Å². The van der Waals surface area contributed by atoms with Gasteiger partial charge in [-0.1, -0.05) is 31.0 Å². The maximum atomic E-state index is 13.2. The van der Waals surface area contributed by atoms with Gasteiger partial charge in [0.2, 0.25) is 0 Å². The fourth-order valence-corrected chi connectivity index (χ4v) is 5.14. The van der Waals surface area contributed by atoms with E-state index in [1.54, 1.807) is 18.2 Å². The van der Waals surface area contributed by atoms with E-state index in [1.807, 2.05) is 48.5 Å². The maximum absolute atomic E-state index is 13.2. The lowest BCUT2D eigenvalue weighted by atomic mass is 9.78. The molecule has 5 rings (SSSR count). The van der Waals surface area contributed by atoms with E-state index >= 15 is 0 Å². The molecule has 1 aliphatic heterocycles. The van der Waals surface area contributed by atoms with Gasteiger partial charge in [0.1, 0.15) is 5.76 Å². The van der Waals surface area contributed by atoms with Gasteiger partial charge in [-0.25, -0.2) is 0 Å². The predicted molar refractivity (Wildman–Crippen MR) is 125 cm³/mol. The molecule has 0 radical (unpaired) electrons. The molecular weight excluding hydrogens is 400 g/mol. The Morgan fingerprint density at radius 1 is 0.844 bits per heavy atom. The van der Waals surface area contributed by atoms with Gasteiger partial charge in [-0.3, -0.25) is 9.59 Å². The van der Waals surface area contributed by atoms with E-state index in [4.69, 9.17) is 4.42 Å². The summed E-state index contributed by atoms with van der Waals surface area (Å²) in [4.78, 5) is 27.6. The summed E-state index contributed by atoms with van der Waals surface area (Å²) in [6, 6.07) is 20.6. The normalized spacial score (nSPS) is 20.4. The van der Waals surface area contributed by atoms with Crippen molar-refractivity contribution in [2.24, 2.45) is 5.92 Å². The third-order valence-electron chi connectivity index (χ3n) is 6.78. The Kier molecular flexibility index (Phi) is 5.80. The molecular formula is C27H28N2O3. The molecule has 2 aromatic carbocycles. The second-order valence-corrected chi connectivity index (χ2v) is 8.81. The van der Waals surface area contributed by atoms with Crippen LogP contribution in [-0.4, -0.2) is 29.3 Å². The zero-order valence-corrected chi connectivity index (χ0v) is 18.1. The van der Waals surface area contributed by atoms with Crippen LogP contribution in [0, 0.1) is 5.92 Å². The second-order valence-electron chi connectivity index (χ2n) is 8.81. The summed E-state index contributed by atoms with van der Waals surface area (Å²) < 4.78 is 5.98. The summed E-state index contributed by atoms with van der Waals surface area (Å²) in [5.74, 6) is 1.58. The highest BCUT2D eigenvalue weighted by Gasteiger charge is 2.36. The third-order valence-corrected chi connectivity index (χ3v) is 6.78. The number of rotatable bonds is 4. The molecule has 2 fully saturated rings. The van der Waals surface area contributed by atoms with Crippen LogP contribution in [0.5, 0.6) is 0 Å². The van der Waals surface area contributed by atoms with E-state index in [0.29, 0.717) is 34.7 Å². The van der Waals surface area contributed by atoms with Crippen LogP contribution in [0.25, 0.3) is 11.3 Å². The molecule has 5 heteroatoms. The number of piperidine rings is 1. The van der Waals surface area contributed by atoms with Gasteiger partial charge in [-0.05, 0) is 80.1 Å². The SMILES string of the molecule is O=C(Nc1ccc(-c2ccc(C(=O)N3CCCC4CCCCC43)o2)cc1)c1ccccc1. The number of likely N-dealkylation sites (tertiary alicyclic amines) is 1. The molecule has 5 nitrogen and oxygen atoms in total. The first-order valence-corrected chi connectivity index (χ1v) is 11.6. The number of nitrogens with one attached hydrogen (secondary N) is 1. The van der Waals surface area contributed by atoms with Crippen LogP contribution in [0.1, 0.15) is 59.4 Å². The lowest BCUT2D eigenvalue weighted by Crippen LogP contribution is -2.49. The lowest BCUT2D eigenvalue weighted by Gasteiger charge is -2.43. The number of hydrogen-bond donors (Lipinski definition) is 1.